The van der Waals surface area contributed by atoms with Crippen molar-refractivity contribution in [3.05, 3.63) is 27.8 Å². The third-order valence-corrected chi connectivity index (χ3v) is 3.67. The van der Waals surface area contributed by atoms with Gasteiger partial charge in [0.25, 0.3) is 0 Å². The molecule has 6 nitrogen and oxygen atoms in total. The minimum atomic E-state index is -2.82. The molecule has 110 valence electrons. The van der Waals surface area contributed by atoms with Crippen molar-refractivity contribution in [1.29, 1.82) is 0 Å². The Morgan fingerprint density at radius 3 is 2.50 bits per heavy atom. The summed E-state index contributed by atoms with van der Waals surface area (Å²) < 4.78 is 31.2. The lowest BCUT2D eigenvalue weighted by Crippen LogP contribution is -2.53. The highest BCUT2D eigenvalue weighted by molar-refractivity contribution is 5.59. The average molecular weight is 288 g/mol. The second-order valence-electron chi connectivity index (χ2n) is 5.00. The van der Waals surface area contributed by atoms with E-state index in [1.165, 1.54) is 13.2 Å². The molecule has 1 aromatic carbocycles. The van der Waals surface area contributed by atoms with Crippen molar-refractivity contribution >= 4 is 5.69 Å². The molecule has 0 bridgehead atoms. The van der Waals surface area contributed by atoms with Gasteiger partial charge in [-0.2, -0.15) is 0 Å². The number of alkyl halides is 2. The van der Waals surface area contributed by atoms with E-state index in [1.54, 1.807) is 0 Å². The predicted octanol–water partition coefficient (Wildman–Crippen LogP) is 1.93. The first-order valence-corrected chi connectivity index (χ1v) is 5.88. The van der Waals surface area contributed by atoms with E-state index in [4.69, 9.17) is 10.5 Å². The van der Waals surface area contributed by atoms with Gasteiger partial charge < -0.3 is 15.6 Å². The Balaban J connectivity index is 2.52. The average Bonchev–Trinajstić information content (AvgIpc) is 2.35. The van der Waals surface area contributed by atoms with Gasteiger partial charge in [-0.05, 0) is 11.6 Å². The third-order valence-electron chi connectivity index (χ3n) is 3.67. The van der Waals surface area contributed by atoms with Crippen LogP contribution in [0.25, 0.3) is 0 Å². The van der Waals surface area contributed by atoms with E-state index in [0.29, 0.717) is 0 Å². The van der Waals surface area contributed by atoms with Crippen LogP contribution in [-0.4, -0.2) is 29.6 Å². The van der Waals surface area contributed by atoms with Crippen molar-refractivity contribution < 1.29 is 23.5 Å². The number of hydrogen-bond donors (Lipinski definition) is 2. The van der Waals surface area contributed by atoms with Gasteiger partial charge in [-0.3, -0.25) is 10.1 Å². The number of aromatic hydroxyl groups is 1. The smallest absolute Gasteiger partial charge is 0.314 e. The van der Waals surface area contributed by atoms with Gasteiger partial charge in [0.1, 0.15) is 0 Å². The molecular formula is C12H14F2N2O4. The van der Waals surface area contributed by atoms with E-state index in [2.05, 4.69) is 0 Å². The largest absolute Gasteiger partial charge is 0.500 e. The molecule has 0 atom stereocenters. The summed E-state index contributed by atoms with van der Waals surface area (Å²) in [6, 6.07) is 2.41. The summed E-state index contributed by atoms with van der Waals surface area (Å²) >= 11 is 0. The molecule has 0 aromatic heterocycles. The summed E-state index contributed by atoms with van der Waals surface area (Å²) in [7, 11) is 1.23. The number of ether oxygens (including phenoxy) is 1. The van der Waals surface area contributed by atoms with Crippen LogP contribution in [0.4, 0.5) is 14.5 Å². The Kier molecular flexibility index (Phi) is 3.29. The number of nitrogens with two attached hydrogens (primary N) is 1. The molecule has 0 radical (unpaired) electrons. The number of methoxy groups -OCH3 is 1. The van der Waals surface area contributed by atoms with Gasteiger partial charge in [0.15, 0.2) is 5.75 Å². The van der Waals surface area contributed by atoms with Crippen LogP contribution in [0.2, 0.25) is 0 Å². The highest BCUT2D eigenvalue weighted by atomic mass is 19.3. The Labute approximate surface area is 113 Å². The van der Waals surface area contributed by atoms with Crippen molar-refractivity contribution in [2.45, 2.75) is 24.2 Å². The quantitative estimate of drug-likeness (QED) is 0.651. The minimum Gasteiger partial charge on any atom is -0.500 e. The molecule has 0 saturated heterocycles. The fourth-order valence-corrected chi connectivity index (χ4v) is 2.60. The number of phenols is 1. The lowest BCUT2D eigenvalue weighted by molar-refractivity contribution is -0.386. The van der Waals surface area contributed by atoms with Crippen LogP contribution in [0.15, 0.2) is 12.1 Å². The SMILES string of the molecule is COc1cc(C2(CN)CC(F)(F)C2)cc([N+](=O)[O-])c1O. The van der Waals surface area contributed by atoms with E-state index < -0.39 is 40.5 Å². The minimum absolute atomic E-state index is 0.0618. The molecule has 20 heavy (non-hydrogen) atoms. The van der Waals surface area contributed by atoms with Crippen molar-refractivity contribution in [2.24, 2.45) is 5.73 Å². The zero-order valence-corrected chi connectivity index (χ0v) is 10.7. The molecule has 1 saturated carbocycles. The topological polar surface area (TPSA) is 98.6 Å². The lowest BCUT2D eigenvalue weighted by atomic mass is 9.62. The lowest BCUT2D eigenvalue weighted by Gasteiger charge is -2.47. The fourth-order valence-electron chi connectivity index (χ4n) is 2.60. The molecule has 2 rings (SSSR count). The fraction of sp³-hybridized carbons (Fsp3) is 0.500. The molecule has 0 unspecified atom stereocenters. The first-order chi connectivity index (χ1) is 9.24. The molecule has 3 N–H and O–H groups in total. The number of benzene rings is 1. The van der Waals surface area contributed by atoms with Crippen molar-refractivity contribution in [1.82, 2.24) is 0 Å². The second kappa shape index (κ2) is 4.55. The maximum Gasteiger partial charge on any atom is 0.314 e. The zero-order chi connectivity index (χ0) is 15.1. The monoisotopic (exact) mass is 288 g/mol. The first kappa shape index (κ1) is 14.4. The number of nitro benzene ring substituents is 1. The van der Waals surface area contributed by atoms with E-state index >= 15 is 0 Å². The van der Waals surface area contributed by atoms with E-state index in [9.17, 15) is 24.0 Å². The molecule has 0 aliphatic heterocycles. The number of hydrogen-bond acceptors (Lipinski definition) is 5. The maximum absolute atomic E-state index is 13.2. The second-order valence-corrected chi connectivity index (χ2v) is 5.00. The summed E-state index contributed by atoms with van der Waals surface area (Å²) in [6.07, 6.45) is -0.941. The summed E-state index contributed by atoms with van der Waals surface area (Å²) in [5.41, 5.74) is 4.26. The predicted molar refractivity (Wildman–Crippen MR) is 66.2 cm³/mol. The summed E-state index contributed by atoms with van der Waals surface area (Å²) in [5.74, 6) is -3.57. The number of nitro groups is 1. The molecule has 1 aromatic rings. The van der Waals surface area contributed by atoms with Crippen LogP contribution in [0.1, 0.15) is 18.4 Å². The molecule has 1 fully saturated rings. The Morgan fingerprint density at radius 1 is 1.50 bits per heavy atom. The number of phenolic OH excluding ortho intramolecular Hbond substituents is 1. The van der Waals surface area contributed by atoms with E-state index in [0.717, 1.165) is 6.07 Å². The van der Waals surface area contributed by atoms with Crippen molar-refractivity contribution in [3.8, 4) is 11.5 Å². The maximum atomic E-state index is 13.2. The van der Waals surface area contributed by atoms with Gasteiger partial charge in [-0.1, -0.05) is 0 Å². The van der Waals surface area contributed by atoms with Gasteiger partial charge in [-0.25, -0.2) is 8.78 Å². The Morgan fingerprint density at radius 2 is 2.10 bits per heavy atom. The highest BCUT2D eigenvalue weighted by Gasteiger charge is 2.57. The number of halogens is 2. The third kappa shape index (κ3) is 2.15. The Hall–Kier alpha value is -1.96. The molecule has 0 heterocycles. The van der Waals surface area contributed by atoms with Crippen molar-refractivity contribution in [3.63, 3.8) is 0 Å². The standard InChI is InChI=1S/C12H14F2N2O4/c1-20-9-3-7(2-8(10(9)17)16(18)19)11(6-15)4-12(13,14)5-11/h2-3,17H,4-6,15H2,1H3. The molecular weight excluding hydrogens is 274 g/mol. The van der Waals surface area contributed by atoms with Gasteiger partial charge in [0.2, 0.25) is 11.7 Å². The molecule has 1 aliphatic rings. The van der Waals surface area contributed by atoms with E-state index in [1.807, 2.05) is 0 Å². The van der Waals surface area contributed by atoms with Crippen LogP contribution in [0.5, 0.6) is 11.5 Å². The van der Waals surface area contributed by atoms with Gasteiger partial charge in [-0.15, -0.1) is 0 Å². The summed E-state index contributed by atoms with van der Waals surface area (Å²) in [6.45, 7) is -0.0618. The van der Waals surface area contributed by atoms with Crippen LogP contribution in [-0.2, 0) is 5.41 Å². The van der Waals surface area contributed by atoms with Gasteiger partial charge in [0, 0.05) is 30.9 Å². The van der Waals surface area contributed by atoms with Crippen LogP contribution >= 0.6 is 0 Å². The Bertz CT molecular complexity index is 555. The molecule has 0 spiro atoms. The zero-order valence-electron chi connectivity index (χ0n) is 10.7. The van der Waals surface area contributed by atoms with Crippen LogP contribution in [0, 0.1) is 10.1 Å². The van der Waals surface area contributed by atoms with Gasteiger partial charge >= 0.3 is 5.69 Å². The normalized spacial score (nSPS) is 19.2. The number of rotatable bonds is 4. The van der Waals surface area contributed by atoms with Crippen molar-refractivity contribution in [2.75, 3.05) is 13.7 Å². The summed E-state index contributed by atoms with van der Waals surface area (Å²) in [5, 5.41) is 20.6. The van der Waals surface area contributed by atoms with Crippen LogP contribution < -0.4 is 10.5 Å². The molecule has 0 amide bonds. The first-order valence-electron chi connectivity index (χ1n) is 5.88. The molecule has 8 heteroatoms. The van der Waals surface area contributed by atoms with Gasteiger partial charge in [0.05, 0.1) is 12.0 Å². The highest BCUT2D eigenvalue weighted by Crippen LogP contribution is 2.54. The summed E-state index contributed by atoms with van der Waals surface area (Å²) in [4.78, 5) is 10.1. The van der Waals surface area contributed by atoms with Crippen LogP contribution in [0.3, 0.4) is 0 Å². The van der Waals surface area contributed by atoms with E-state index in [-0.39, 0.29) is 17.9 Å². The number of nitrogens with zero attached hydrogens (tertiary/aromatic N) is 1. The molecule has 1 aliphatic carbocycles.